The zero-order valence-corrected chi connectivity index (χ0v) is 12.8. The number of ether oxygens (including phenoxy) is 2. The zero-order valence-electron chi connectivity index (χ0n) is 12.0. The quantitative estimate of drug-likeness (QED) is 0.738. The van der Waals surface area contributed by atoms with Crippen molar-refractivity contribution in [2.75, 3.05) is 20.8 Å². The number of Topliss-reactive ketones (excluding diaryl/α,β-unsaturated/α-hetero) is 1. The Labute approximate surface area is 128 Å². The van der Waals surface area contributed by atoms with Crippen LogP contribution in [0.15, 0.2) is 30.5 Å². The fourth-order valence-electron chi connectivity index (χ4n) is 2.04. The molecule has 0 aliphatic heterocycles. The van der Waals surface area contributed by atoms with Gasteiger partial charge in [0.1, 0.15) is 11.4 Å². The first-order valence-corrected chi connectivity index (χ1v) is 6.90. The number of aromatic nitrogens is 2. The fourth-order valence-corrected chi connectivity index (χ4v) is 2.29. The summed E-state index contributed by atoms with van der Waals surface area (Å²) in [7, 11) is 3.19. The van der Waals surface area contributed by atoms with E-state index in [-0.39, 0.29) is 12.2 Å². The summed E-state index contributed by atoms with van der Waals surface area (Å²) >= 11 is 6.07. The Balaban J connectivity index is 2.17. The maximum atomic E-state index is 12.5. The summed E-state index contributed by atoms with van der Waals surface area (Å²) in [5.74, 6) is 0.640. The molecular formula is C15H17ClN2O3. The number of halogens is 1. The molecule has 21 heavy (non-hydrogen) atoms. The molecule has 2 aromatic rings. The first kappa shape index (κ1) is 15.5. The second-order valence-corrected chi connectivity index (χ2v) is 4.92. The maximum absolute atomic E-state index is 12.5. The van der Waals surface area contributed by atoms with Gasteiger partial charge in [0.2, 0.25) is 0 Å². The number of carbonyl (C=O) groups is 1. The summed E-state index contributed by atoms with van der Waals surface area (Å²) in [6, 6.07) is 7.40. The molecule has 2 rings (SSSR count). The molecule has 0 spiro atoms. The van der Waals surface area contributed by atoms with Gasteiger partial charge in [0.05, 0.1) is 31.5 Å². The predicted octanol–water partition coefficient (Wildman–Crippen LogP) is 2.62. The van der Waals surface area contributed by atoms with Crippen LogP contribution in [-0.4, -0.2) is 36.4 Å². The molecule has 6 heteroatoms. The van der Waals surface area contributed by atoms with E-state index in [9.17, 15) is 4.79 Å². The molecule has 0 saturated carbocycles. The number of hydrogen-bond donors (Lipinski definition) is 0. The molecule has 0 aliphatic rings. The van der Waals surface area contributed by atoms with E-state index in [1.807, 2.05) is 24.3 Å². The molecule has 0 N–H and O–H groups in total. The first-order chi connectivity index (χ1) is 10.2. The van der Waals surface area contributed by atoms with Gasteiger partial charge in [0.15, 0.2) is 5.78 Å². The minimum Gasteiger partial charge on any atom is -0.497 e. The predicted molar refractivity (Wildman–Crippen MR) is 80.1 cm³/mol. The van der Waals surface area contributed by atoms with E-state index in [2.05, 4.69) is 5.10 Å². The van der Waals surface area contributed by atoms with E-state index >= 15 is 0 Å². The summed E-state index contributed by atoms with van der Waals surface area (Å²) in [5.41, 5.74) is 1.28. The van der Waals surface area contributed by atoms with Crippen LogP contribution in [0.4, 0.5) is 0 Å². The number of methoxy groups -OCH3 is 2. The van der Waals surface area contributed by atoms with Crippen molar-refractivity contribution in [3.05, 3.63) is 46.7 Å². The van der Waals surface area contributed by atoms with Gasteiger partial charge < -0.3 is 9.47 Å². The Bertz CT molecular complexity index is 625. The van der Waals surface area contributed by atoms with Gasteiger partial charge in [0.25, 0.3) is 0 Å². The minimum absolute atomic E-state index is 0.0816. The van der Waals surface area contributed by atoms with Crippen molar-refractivity contribution in [2.45, 2.75) is 13.0 Å². The standard InChI is InChI=1S/C15H17ClN2O3/c1-20-7-6-18-15(13(16)10-17-18)14(19)9-11-4-3-5-12(8-11)21-2/h3-5,8,10H,6-7,9H2,1-2H3. The van der Waals surface area contributed by atoms with Crippen molar-refractivity contribution in [2.24, 2.45) is 0 Å². The van der Waals surface area contributed by atoms with Crippen LogP contribution in [0.3, 0.4) is 0 Å². The average Bonchev–Trinajstić information content (AvgIpc) is 2.86. The molecule has 0 amide bonds. The molecule has 0 unspecified atom stereocenters. The van der Waals surface area contributed by atoms with Gasteiger partial charge in [-0.1, -0.05) is 23.7 Å². The Morgan fingerprint density at radius 3 is 2.90 bits per heavy atom. The highest BCUT2D eigenvalue weighted by molar-refractivity contribution is 6.33. The van der Waals surface area contributed by atoms with Crippen molar-refractivity contribution in [3.63, 3.8) is 0 Å². The largest absolute Gasteiger partial charge is 0.497 e. The lowest BCUT2D eigenvalue weighted by Crippen LogP contribution is -2.15. The van der Waals surface area contributed by atoms with E-state index in [4.69, 9.17) is 21.1 Å². The van der Waals surface area contributed by atoms with Crippen molar-refractivity contribution in [3.8, 4) is 5.75 Å². The fraction of sp³-hybridized carbons (Fsp3) is 0.333. The van der Waals surface area contributed by atoms with Crippen LogP contribution in [-0.2, 0) is 17.7 Å². The van der Waals surface area contributed by atoms with Crippen LogP contribution in [0.5, 0.6) is 5.75 Å². The molecule has 0 atom stereocenters. The number of hydrogen-bond acceptors (Lipinski definition) is 4. The number of carbonyl (C=O) groups excluding carboxylic acids is 1. The highest BCUT2D eigenvalue weighted by Crippen LogP contribution is 2.19. The van der Waals surface area contributed by atoms with Gasteiger partial charge in [-0.3, -0.25) is 9.48 Å². The molecule has 112 valence electrons. The highest BCUT2D eigenvalue weighted by Gasteiger charge is 2.18. The van der Waals surface area contributed by atoms with Crippen molar-refractivity contribution in [1.82, 2.24) is 9.78 Å². The van der Waals surface area contributed by atoms with Crippen molar-refractivity contribution in [1.29, 1.82) is 0 Å². The SMILES string of the molecule is COCCn1ncc(Cl)c1C(=O)Cc1cccc(OC)c1. The Kier molecular flexibility index (Phi) is 5.36. The molecule has 0 bridgehead atoms. The lowest BCUT2D eigenvalue weighted by Gasteiger charge is -2.08. The molecule has 1 aromatic carbocycles. The number of ketones is 1. The number of benzene rings is 1. The number of rotatable bonds is 7. The molecular weight excluding hydrogens is 292 g/mol. The molecule has 0 aliphatic carbocycles. The third-order valence-electron chi connectivity index (χ3n) is 3.06. The zero-order chi connectivity index (χ0) is 15.2. The minimum atomic E-state index is -0.0816. The van der Waals surface area contributed by atoms with Crippen LogP contribution >= 0.6 is 11.6 Å². The molecule has 0 fully saturated rings. The summed E-state index contributed by atoms with van der Waals surface area (Å²) in [6.45, 7) is 0.958. The summed E-state index contributed by atoms with van der Waals surface area (Å²) in [4.78, 5) is 12.5. The third-order valence-corrected chi connectivity index (χ3v) is 3.34. The smallest absolute Gasteiger partial charge is 0.186 e. The summed E-state index contributed by atoms with van der Waals surface area (Å²) < 4.78 is 11.7. The molecule has 0 saturated heterocycles. The van der Waals surface area contributed by atoms with E-state index in [0.29, 0.717) is 23.9 Å². The van der Waals surface area contributed by atoms with Gasteiger partial charge >= 0.3 is 0 Å². The van der Waals surface area contributed by atoms with Crippen LogP contribution in [0.25, 0.3) is 0 Å². The third kappa shape index (κ3) is 3.83. The lowest BCUT2D eigenvalue weighted by atomic mass is 10.1. The maximum Gasteiger partial charge on any atom is 0.186 e. The van der Waals surface area contributed by atoms with E-state index < -0.39 is 0 Å². The topological polar surface area (TPSA) is 53.4 Å². The monoisotopic (exact) mass is 308 g/mol. The summed E-state index contributed by atoms with van der Waals surface area (Å²) in [5, 5.41) is 4.47. The van der Waals surface area contributed by atoms with E-state index in [1.54, 1.807) is 18.9 Å². The second-order valence-electron chi connectivity index (χ2n) is 4.51. The van der Waals surface area contributed by atoms with Crippen molar-refractivity contribution >= 4 is 17.4 Å². The number of nitrogens with zero attached hydrogens (tertiary/aromatic N) is 2. The van der Waals surface area contributed by atoms with Gasteiger partial charge in [0, 0.05) is 13.5 Å². The van der Waals surface area contributed by atoms with Crippen molar-refractivity contribution < 1.29 is 14.3 Å². The second kappa shape index (κ2) is 7.24. The average molecular weight is 309 g/mol. The van der Waals surface area contributed by atoms with E-state index in [1.165, 1.54) is 6.20 Å². The van der Waals surface area contributed by atoms with Gasteiger partial charge in [-0.15, -0.1) is 0 Å². The molecule has 1 aromatic heterocycles. The van der Waals surface area contributed by atoms with Gasteiger partial charge in [-0.25, -0.2) is 0 Å². The molecule has 5 nitrogen and oxygen atoms in total. The van der Waals surface area contributed by atoms with Crippen LogP contribution < -0.4 is 4.74 Å². The van der Waals surface area contributed by atoms with Gasteiger partial charge in [-0.05, 0) is 17.7 Å². The first-order valence-electron chi connectivity index (χ1n) is 6.52. The Morgan fingerprint density at radius 1 is 1.38 bits per heavy atom. The highest BCUT2D eigenvalue weighted by atomic mass is 35.5. The molecule has 1 heterocycles. The Morgan fingerprint density at radius 2 is 2.19 bits per heavy atom. The summed E-state index contributed by atoms with van der Waals surface area (Å²) in [6.07, 6.45) is 1.73. The van der Waals surface area contributed by atoms with Crippen LogP contribution in [0.2, 0.25) is 5.02 Å². The Hall–Kier alpha value is -1.85. The lowest BCUT2D eigenvalue weighted by molar-refractivity contribution is 0.0979. The van der Waals surface area contributed by atoms with Crippen LogP contribution in [0.1, 0.15) is 16.1 Å². The van der Waals surface area contributed by atoms with Gasteiger partial charge in [-0.2, -0.15) is 5.10 Å². The van der Waals surface area contributed by atoms with Crippen LogP contribution in [0, 0.1) is 0 Å². The van der Waals surface area contributed by atoms with E-state index in [0.717, 1.165) is 11.3 Å². The normalized spacial score (nSPS) is 10.6. The molecule has 0 radical (unpaired) electrons.